The van der Waals surface area contributed by atoms with Crippen LogP contribution in [0.2, 0.25) is 0 Å². The zero-order valence-electron chi connectivity index (χ0n) is 19.9. The average Bonchev–Trinajstić information content (AvgIpc) is 3.52. The van der Waals surface area contributed by atoms with Gasteiger partial charge in [0, 0.05) is 54.1 Å². The first-order valence-electron chi connectivity index (χ1n) is 12.4. The minimum atomic E-state index is 0.902. The van der Waals surface area contributed by atoms with Crippen molar-refractivity contribution in [1.29, 1.82) is 0 Å². The Balaban J connectivity index is 1.38. The Morgan fingerprint density at radius 3 is 1.97 bits per heavy atom. The van der Waals surface area contributed by atoms with Gasteiger partial charge in [-0.2, -0.15) is 0 Å². The summed E-state index contributed by atoms with van der Waals surface area (Å²) in [5, 5.41) is 7.58. The summed E-state index contributed by atoms with van der Waals surface area (Å²) in [4.78, 5) is 2.27. The highest BCUT2D eigenvalue weighted by atomic mass is 32.1. The Morgan fingerprint density at radius 1 is 0.486 bits per heavy atom. The first-order valence-corrected chi connectivity index (χ1v) is 13.3. The minimum absolute atomic E-state index is 0.902. The van der Waals surface area contributed by atoms with Crippen LogP contribution in [0.5, 0.6) is 0 Å². The van der Waals surface area contributed by atoms with Crippen LogP contribution in [0.1, 0.15) is 0 Å². The van der Waals surface area contributed by atoms with Gasteiger partial charge in [0.05, 0.1) is 0 Å². The quantitative estimate of drug-likeness (QED) is 0.244. The van der Waals surface area contributed by atoms with Gasteiger partial charge in [-0.15, -0.1) is 11.3 Å². The maximum Gasteiger partial charge on any atom is 0.137 e. The molecule has 2 nitrogen and oxygen atoms in total. The Hall–Kier alpha value is -4.60. The standard InChI is InChI=1S/C34H21NOS/c1-3-10-23(11-4-1)35(24-12-5-2-6-13-24)25-16-17-27-30(21-25)36-29-19-18-28-32-26-14-8-7-9-22(26)15-20-31(32)37-34(28)33(27)29/h1-21H. The fourth-order valence-electron chi connectivity index (χ4n) is 5.59. The smallest absolute Gasteiger partial charge is 0.137 e. The molecule has 6 aromatic carbocycles. The van der Waals surface area contributed by atoms with Crippen molar-refractivity contribution in [2.45, 2.75) is 0 Å². The van der Waals surface area contributed by atoms with E-state index in [1.165, 1.54) is 36.3 Å². The molecule has 2 aromatic heterocycles. The van der Waals surface area contributed by atoms with Crippen LogP contribution < -0.4 is 4.90 Å². The van der Waals surface area contributed by atoms with Gasteiger partial charge >= 0.3 is 0 Å². The molecule has 2 heterocycles. The first kappa shape index (κ1) is 20.6. The number of nitrogens with zero attached hydrogens (tertiary/aromatic N) is 1. The maximum absolute atomic E-state index is 6.49. The lowest BCUT2D eigenvalue weighted by Crippen LogP contribution is -2.09. The van der Waals surface area contributed by atoms with Gasteiger partial charge < -0.3 is 9.32 Å². The highest BCUT2D eigenvalue weighted by Gasteiger charge is 2.18. The molecule has 0 unspecified atom stereocenters. The van der Waals surface area contributed by atoms with E-state index in [0.717, 1.165) is 33.6 Å². The summed E-state index contributed by atoms with van der Waals surface area (Å²) in [7, 11) is 0. The van der Waals surface area contributed by atoms with Crippen molar-refractivity contribution in [3.05, 3.63) is 127 Å². The van der Waals surface area contributed by atoms with E-state index in [1.54, 1.807) is 0 Å². The summed E-state index contributed by atoms with van der Waals surface area (Å²) in [5.41, 5.74) is 5.13. The van der Waals surface area contributed by atoms with Crippen LogP contribution in [-0.2, 0) is 0 Å². The zero-order chi connectivity index (χ0) is 24.3. The summed E-state index contributed by atoms with van der Waals surface area (Å²) in [6.45, 7) is 0. The molecule has 0 aliphatic carbocycles. The third-order valence-corrected chi connectivity index (χ3v) is 8.42. The molecule has 0 N–H and O–H groups in total. The molecule has 0 amide bonds. The van der Waals surface area contributed by atoms with E-state index in [0.29, 0.717) is 0 Å². The van der Waals surface area contributed by atoms with Gasteiger partial charge in [-0.1, -0.05) is 66.7 Å². The van der Waals surface area contributed by atoms with Crippen molar-refractivity contribution >= 4 is 81.3 Å². The largest absolute Gasteiger partial charge is 0.456 e. The van der Waals surface area contributed by atoms with E-state index in [2.05, 4.69) is 132 Å². The third kappa shape index (κ3) is 3.11. The second kappa shape index (κ2) is 7.95. The molecule has 0 atom stereocenters. The van der Waals surface area contributed by atoms with Crippen LogP contribution in [0.15, 0.2) is 132 Å². The topological polar surface area (TPSA) is 16.4 Å². The number of anilines is 3. The zero-order valence-corrected chi connectivity index (χ0v) is 20.7. The van der Waals surface area contributed by atoms with E-state index >= 15 is 0 Å². The molecule has 0 aliphatic heterocycles. The van der Waals surface area contributed by atoms with Gasteiger partial charge in [-0.05, 0) is 65.4 Å². The van der Waals surface area contributed by atoms with Crippen LogP contribution in [0, 0.1) is 0 Å². The number of hydrogen-bond acceptors (Lipinski definition) is 3. The lowest BCUT2D eigenvalue weighted by atomic mass is 10.0. The summed E-state index contributed by atoms with van der Waals surface area (Å²) in [5.74, 6) is 0. The van der Waals surface area contributed by atoms with Gasteiger partial charge in [0.25, 0.3) is 0 Å². The van der Waals surface area contributed by atoms with E-state index < -0.39 is 0 Å². The number of para-hydroxylation sites is 2. The summed E-state index contributed by atoms with van der Waals surface area (Å²) in [6, 6.07) is 45.1. The van der Waals surface area contributed by atoms with Crippen molar-refractivity contribution in [2.24, 2.45) is 0 Å². The molecule has 0 saturated carbocycles. The minimum Gasteiger partial charge on any atom is -0.456 e. The van der Waals surface area contributed by atoms with Crippen LogP contribution in [0.25, 0.3) is 52.9 Å². The third-order valence-electron chi connectivity index (χ3n) is 7.23. The predicted molar refractivity (Wildman–Crippen MR) is 159 cm³/mol. The number of rotatable bonds is 3. The molecule has 0 saturated heterocycles. The second-order valence-electron chi connectivity index (χ2n) is 9.37. The normalized spacial score (nSPS) is 11.8. The molecule has 0 fully saturated rings. The second-order valence-corrected chi connectivity index (χ2v) is 10.4. The molecule has 37 heavy (non-hydrogen) atoms. The first-order chi connectivity index (χ1) is 18.3. The molecule has 0 aliphatic rings. The molecule has 8 aromatic rings. The SMILES string of the molecule is c1ccc(N(c2ccccc2)c2ccc3c(c2)oc2ccc4c(sc5ccc6ccccc6c54)c23)cc1. The molecular formula is C34H21NOS. The molecule has 0 bridgehead atoms. The van der Waals surface area contributed by atoms with Crippen molar-refractivity contribution in [3.63, 3.8) is 0 Å². The Kier molecular flexibility index (Phi) is 4.42. The average molecular weight is 492 g/mol. The van der Waals surface area contributed by atoms with E-state index in [1.807, 2.05) is 11.3 Å². The number of fused-ring (bicyclic) bond motifs is 9. The fraction of sp³-hybridized carbons (Fsp3) is 0. The van der Waals surface area contributed by atoms with Crippen molar-refractivity contribution < 1.29 is 4.42 Å². The van der Waals surface area contributed by atoms with Crippen LogP contribution >= 0.6 is 11.3 Å². The molecule has 8 rings (SSSR count). The molecule has 3 heteroatoms. The fourth-order valence-corrected chi connectivity index (χ4v) is 6.86. The highest BCUT2D eigenvalue weighted by molar-refractivity contribution is 7.27. The lowest BCUT2D eigenvalue weighted by molar-refractivity contribution is 0.669. The van der Waals surface area contributed by atoms with E-state index in [4.69, 9.17) is 4.42 Å². The van der Waals surface area contributed by atoms with Crippen molar-refractivity contribution in [3.8, 4) is 0 Å². The van der Waals surface area contributed by atoms with Crippen molar-refractivity contribution in [1.82, 2.24) is 0 Å². The maximum atomic E-state index is 6.49. The molecule has 0 spiro atoms. The number of benzene rings is 6. The van der Waals surface area contributed by atoms with Crippen LogP contribution in [-0.4, -0.2) is 0 Å². The highest BCUT2D eigenvalue weighted by Crippen LogP contribution is 2.45. The monoisotopic (exact) mass is 491 g/mol. The Bertz CT molecular complexity index is 2050. The van der Waals surface area contributed by atoms with Crippen LogP contribution in [0.3, 0.4) is 0 Å². The Morgan fingerprint density at radius 2 is 1.19 bits per heavy atom. The van der Waals surface area contributed by atoms with E-state index in [-0.39, 0.29) is 0 Å². The number of thiophene rings is 1. The summed E-state index contributed by atoms with van der Waals surface area (Å²) >= 11 is 1.86. The predicted octanol–water partition coefficient (Wildman–Crippen LogP) is 10.6. The molecule has 0 radical (unpaired) electrons. The van der Waals surface area contributed by atoms with Gasteiger partial charge in [0.1, 0.15) is 11.2 Å². The molecular weight excluding hydrogens is 470 g/mol. The summed E-state index contributed by atoms with van der Waals surface area (Å²) < 4.78 is 9.09. The van der Waals surface area contributed by atoms with Crippen LogP contribution in [0.4, 0.5) is 17.1 Å². The number of hydrogen-bond donors (Lipinski definition) is 0. The Labute approximate surface area is 217 Å². The van der Waals surface area contributed by atoms with Crippen molar-refractivity contribution in [2.75, 3.05) is 4.90 Å². The van der Waals surface area contributed by atoms with Gasteiger partial charge in [-0.25, -0.2) is 0 Å². The van der Waals surface area contributed by atoms with Gasteiger partial charge in [0.2, 0.25) is 0 Å². The molecule has 174 valence electrons. The van der Waals surface area contributed by atoms with Gasteiger partial charge in [-0.3, -0.25) is 0 Å². The lowest BCUT2D eigenvalue weighted by Gasteiger charge is -2.25. The summed E-state index contributed by atoms with van der Waals surface area (Å²) in [6.07, 6.45) is 0. The van der Waals surface area contributed by atoms with Gasteiger partial charge in [0.15, 0.2) is 0 Å². The number of furan rings is 1. The van der Waals surface area contributed by atoms with E-state index in [9.17, 15) is 0 Å².